The molecule has 0 radical (unpaired) electrons. The van der Waals surface area contributed by atoms with Crippen LogP contribution in [0.4, 0.5) is 5.69 Å². The second kappa shape index (κ2) is 6.49. The van der Waals surface area contributed by atoms with Crippen LogP contribution >= 0.6 is 12.4 Å². The SMILES string of the molecule is CC(C)(C)C1CCN(C(=O)c2ccc3c(c2)CCN3)CC1.Cl. The van der Waals surface area contributed by atoms with Crippen molar-refractivity contribution in [3.63, 3.8) is 0 Å². The summed E-state index contributed by atoms with van der Waals surface area (Å²) in [5, 5.41) is 3.34. The Morgan fingerprint density at radius 2 is 1.91 bits per heavy atom. The number of likely N-dealkylation sites (tertiary alicyclic amines) is 1. The summed E-state index contributed by atoms with van der Waals surface area (Å²) in [6.07, 6.45) is 3.28. The molecule has 0 bridgehead atoms. The smallest absolute Gasteiger partial charge is 0.253 e. The highest BCUT2D eigenvalue weighted by Crippen LogP contribution is 2.34. The van der Waals surface area contributed by atoms with Gasteiger partial charge in [0.25, 0.3) is 5.91 Å². The summed E-state index contributed by atoms with van der Waals surface area (Å²) in [6, 6.07) is 6.10. The predicted molar refractivity (Wildman–Crippen MR) is 94.0 cm³/mol. The van der Waals surface area contributed by atoms with Gasteiger partial charge in [-0.05, 0) is 54.4 Å². The van der Waals surface area contributed by atoms with E-state index in [1.807, 2.05) is 11.0 Å². The maximum atomic E-state index is 12.7. The second-order valence-electron chi connectivity index (χ2n) is 7.48. The van der Waals surface area contributed by atoms with E-state index in [4.69, 9.17) is 0 Å². The van der Waals surface area contributed by atoms with Crippen molar-refractivity contribution in [2.75, 3.05) is 25.0 Å². The molecule has 3 nitrogen and oxygen atoms in total. The minimum Gasteiger partial charge on any atom is -0.384 e. The molecule has 122 valence electrons. The lowest BCUT2D eigenvalue weighted by Crippen LogP contribution is -2.41. The first kappa shape index (κ1) is 17.1. The maximum Gasteiger partial charge on any atom is 0.253 e. The van der Waals surface area contributed by atoms with E-state index in [2.05, 4.69) is 38.2 Å². The molecule has 0 spiro atoms. The Morgan fingerprint density at radius 3 is 2.55 bits per heavy atom. The summed E-state index contributed by atoms with van der Waals surface area (Å²) in [5.74, 6) is 0.933. The largest absolute Gasteiger partial charge is 0.384 e. The van der Waals surface area contributed by atoms with Gasteiger partial charge >= 0.3 is 0 Å². The van der Waals surface area contributed by atoms with Crippen molar-refractivity contribution in [1.82, 2.24) is 4.90 Å². The van der Waals surface area contributed by atoms with Crippen LogP contribution < -0.4 is 5.32 Å². The summed E-state index contributed by atoms with van der Waals surface area (Å²) in [4.78, 5) is 14.7. The van der Waals surface area contributed by atoms with Gasteiger partial charge in [-0.2, -0.15) is 0 Å². The number of amides is 1. The zero-order chi connectivity index (χ0) is 15.0. The molecule has 1 aromatic carbocycles. The van der Waals surface area contributed by atoms with E-state index >= 15 is 0 Å². The van der Waals surface area contributed by atoms with E-state index in [0.717, 1.165) is 50.4 Å². The molecule has 2 aliphatic heterocycles. The number of piperidine rings is 1. The highest BCUT2D eigenvalue weighted by molar-refractivity contribution is 5.95. The minimum atomic E-state index is 0. The van der Waals surface area contributed by atoms with Gasteiger partial charge in [0.1, 0.15) is 0 Å². The third-order valence-corrected chi connectivity index (χ3v) is 5.07. The fourth-order valence-electron chi connectivity index (χ4n) is 3.57. The quantitative estimate of drug-likeness (QED) is 0.848. The standard InChI is InChI=1S/C18H26N2O.ClH/c1-18(2,3)15-7-10-20(11-8-15)17(21)14-4-5-16-13(12-14)6-9-19-16;/h4-5,12,15,19H,6-11H2,1-3H3;1H. The molecule has 22 heavy (non-hydrogen) atoms. The molecule has 0 atom stereocenters. The van der Waals surface area contributed by atoms with Crippen molar-refractivity contribution in [2.24, 2.45) is 11.3 Å². The first-order valence-corrected chi connectivity index (χ1v) is 8.11. The van der Waals surface area contributed by atoms with Gasteiger partial charge in [0.2, 0.25) is 0 Å². The van der Waals surface area contributed by atoms with Gasteiger partial charge in [-0.3, -0.25) is 4.79 Å². The van der Waals surface area contributed by atoms with Crippen molar-refractivity contribution in [1.29, 1.82) is 0 Å². The molecule has 3 rings (SSSR count). The van der Waals surface area contributed by atoms with Gasteiger partial charge in [-0.1, -0.05) is 20.8 Å². The predicted octanol–water partition coefficient (Wildman–Crippen LogP) is 3.97. The monoisotopic (exact) mass is 322 g/mol. The maximum absolute atomic E-state index is 12.7. The lowest BCUT2D eigenvalue weighted by molar-refractivity contribution is 0.0608. The minimum absolute atomic E-state index is 0. The molecule has 2 aliphatic rings. The fraction of sp³-hybridized carbons (Fsp3) is 0.611. The van der Waals surface area contributed by atoms with Gasteiger partial charge in [0.15, 0.2) is 0 Å². The summed E-state index contributed by atoms with van der Waals surface area (Å²) in [7, 11) is 0. The number of carbonyl (C=O) groups is 1. The average molecular weight is 323 g/mol. The van der Waals surface area contributed by atoms with Gasteiger partial charge in [0.05, 0.1) is 0 Å². The molecule has 1 N–H and O–H groups in total. The highest BCUT2D eigenvalue weighted by Gasteiger charge is 2.30. The Labute approximate surface area is 139 Å². The van der Waals surface area contributed by atoms with Crippen LogP contribution in [0.25, 0.3) is 0 Å². The number of hydrogen-bond donors (Lipinski definition) is 1. The third-order valence-electron chi connectivity index (χ3n) is 5.07. The molecule has 1 amide bonds. The van der Waals surface area contributed by atoms with Gasteiger partial charge in [0, 0.05) is 30.9 Å². The number of nitrogens with one attached hydrogen (secondary N) is 1. The van der Waals surface area contributed by atoms with Crippen molar-refractivity contribution in [3.8, 4) is 0 Å². The van der Waals surface area contributed by atoms with E-state index < -0.39 is 0 Å². The molecule has 2 heterocycles. The van der Waals surface area contributed by atoms with Crippen LogP contribution in [0.5, 0.6) is 0 Å². The van der Waals surface area contributed by atoms with E-state index in [9.17, 15) is 4.79 Å². The second-order valence-corrected chi connectivity index (χ2v) is 7.48. The van der Waals surface area contributed by atoms with Crippen LogP contribution in [0.2, 0.25) is 0 Å². The van der Waals surface area contributed by atoms with Crippen molar-refractivity contribution < 1.29 is 4.79 Å². The van der Waals surface area contributed by atoms with Crippen LogP contribution in [0, 0.1) is 11.3 Å². The molecule has 0 unspecified atom stereocenters. The molecule has 1 aromatic rings. The van der Waals surface area contributed by atoms with E-state index in [-0.39, 0.29) is 18.3 Å². The Kier molecular flexibility index (Phi) is 5.06. The summed E-state index contributed by atoms with van der Waals surface area (Å²) >= 11 is 0. The Morgan fingerprint density at radius 1 is 1.23 bits per heavy atom. The molecular formula is C18H27ClN2O. The molecule has 0 aromatic heterocycles. The van der Waals surface area contributed by atoms with E-state index in [0.29, 0.717) is 5.41 Å². The number of fused-ring (bicyclic) bond motifs is 1. The molecule has 1 fully saturated rings. The zero-order valence-electron chi connectivity index (χ0n) is 13.8. The molecule has 0 saturated carbocycles. The molecule has 4 heteroatoms. The lowest BCUT2D eigenvalue weighted by Gasteiger charge is -2.38. The number of benzene rings is 1. The molecule has 1 saturated heterocycles. The summed E-state index contributed by atoms with van der Waals surface area (Å²) in [6.45, 7) is 9.71. The average Bonchev–Trinajstić information content (AvgIpc) is 2.93. The summed E-state index contributed by atoms with van der Waals surface area (Å²) in [5.41, 5.74) is 3.68. The van der Waals surface area contributed by atoms with Crippen LogP contribution in [0.15, 0.2) is 18.2 Å². The Bertz CT molecular complexity index is 543. The Hall–Kier alpha value is -1.22. The number of rotatable bonds is 1. The molecular weight excluding hydrogens is 296 g/mol. The normalized spacial score (nSPS) is 18.4. The van der Waals surface area contributed by atoms with Crippen LogP contribution in [-0.4, -0.2) is 30.4 Å². The van der Waals surface area contributed by atoms with Crippen molar-refractivity contribution in [2.45, 2.75) is 40.0 Å². The third kappa shape index (κ3) is 3.40. The summed E-state index contributed by atoms with van der Waals surface area (Å²) < 4.78 is 0. The van der Waals surface area contributed by atoms with Gasteiger partial charge in [-0.15, -0.1) is 12.4 Å². The van der Waals surface area contributed by atoms with Gasteiger partial charge < -0.3 is 10.2 Å². The number of hydrogen-bond acceptors (Lipinski definition) is 2. The van der Waals surface area contributed by atoms with E-state index in [1.54, 1.807) is 0 Å². The first-order chi connectivity index (χ1) is 9.95. The highest BCUT2D eigenvalue weighted by atomic mass is 35.5. The Balaban J connectivity index is 0.00000176. The lowest BCUT2D eigenvalue weighted by atomic mass is 9.75. The van der Waals surface area contributed by atoms with Crippen molar-refractivity contribution >= 4 is 24.0 Å². The number of nitrogens with zero attached hydrogens (tertiary/aromatic N) is 1. The van der Waals surface area contributed by atoms with Crippen LogP contribution in [0.1, 0.15) is 49.5 Å². The van der Waals surface area contributed by atoms with Crippen LogP contribution in [-0.2, 0) is 6.42 Å². The zero-order valence-corrected chi connectivity index (χ0v) is 14.6. The topological polar surface area (TPSA) is 32.3 Å². The first-order valence-electron chi connectivity index (χ1n) is 8.11. The van der Waals surface area contributed by atoms with E-state index in [1.165, 1.54) is 11.3 Å². The number of anilines is 1. The van der Waals surface area contributed by atoms with Crippen molar-refractivity contribution in [3.05, 3.63) is 29.3 Å². The number of halogens is 1. The molecule has 0 aliphatic carbocycles. The fourth-order valence-corrected chi connectivity index (χ4v) is 3.57. The number of carbonyl (C=O) groups excluding carboxylic acids is 1. The van der Waals surface area contributed by atoms with Crippen LogP contribution in [0.3, 0.4) is 0 Å². The van der Waals surface area contributed by atoms with Gasteiger partial charge in [-0.25, -0.2) is 0 Å².